The normalized spacial score (nSPS) is 10.3. The van der Waals surface area contributed by atoms with Gasteiger partial charge < -0.3 is 14.4 Å². The standard InChI is InChI=1S/C33H33NO5/c1-4-31(35)20-13-25-7-14-28(15-8-25)34(29-16-9-26(10-17-29)21-23-38-32(36)5-2)30-18-11-27(12-19-30)22-24-39-33(37)6-3/h4-12,14-19H,1-3,13,20-24H2. The molecule has 0 heterocycles. The lowest BCUT2D eigenvalue weighted by Crippen LogP contribution is -2.11. The summed E-state index contributed by atoms with van der Waals surface area (Å²) in [5.74, 6) is -0.839. The minimum atomic E-state index is -0.433. The third kappa shape index (κ3) is 8.97. The monoisotopic (exact) mass is 523 g/mol. The molecule has 200 valence electrons. The summed E-state index contributed by atoms with van der Waals surface area (Å²) in [6, 6.07) is 24.3. The molecule has 0 amide bonds. The number of benzene rings is 3. The zero-order valence-corrected chi connectivity index (χ0v) is 22.0. The number of ether oxygens (including phenoxy) is 2. The van der Waals surface area contributed by atoms with Gasteiger partial charge in [-0.3, -0.25) is 4.79 Å². The number of anilines is 3. The number of carbonyl (C=O) groups excluding carboxylic acids is 3. The fourth-order valence-corrected chi connectivity index (χ4v) is 3.91. The summed E-state index contributed by atoms with van der Waals surface area (Å²) in [5, 5.41) is 0. The molecule has 0 aliphatic heterocycles. The molecule has 0 N–H and O–H groups in total. The average molecular weight is 524 g/mol. The largest absolute Gasteiger partial charge is 0.462 e. The van der Waals surface area contributed by atoms with Crippen molar-refractivity contribution in [3.63, 3.8) is 0 Å². The molecule has 0 aromatic heterocycles. The lowest BCUT2D eigenvalue weighted by molar-refractivity contribution is -0.138. The van der Waals surface area contributed by atoms with Crippen LogP contribution in [0.2, 0.25) is 0 Å². The number of carbonyl (C=O) groups is 3. The van der Waals surface area contributed by atoms with Crippen LogP contribution in [0.1, 0.15) is 23.1 Å². The fourth-order valence-electron chi connectivity index (χ4n) is 3.91. The van der Waals surface area contributed by atoms with Crippen LogP contribution in [0.15, 0.2) is 111 Å². The smallest absolute Gasteiger partial charge is 0.330 e. The van der Waals surface area contributed by atoms with E-state index in [-0.39, 0.29) is 19.0 Å². The molecule has 0 bridgehead atoms. The Balaban J connectivity index is 1.82. The van der Waals surface area contributed by atoms with Gasteiger partial charge in [-0.1, -0.05) is 56.1 Å². The van der Waals surface area contributed by atoms with Crippen LogP contribution in [0, 0.1) is 0 Å². The van der Waals surface area contributed by atoms with E-state index in [0.29, 0.717) is 25.7 Å². The van der Waals surface area contributed by atoms with Crippen molar-refractivity contribution in [1.82, 2.24) is 0 Å². The first kappa shape index (κ1) is 28.9. The van der Waals surface area contributed by atoms with Gasteiger partial charge in [-0.15, -0.1) is 0 Å². The van der Waals surface area contributed by atoms with E-state index in [1.54, 1.807) is 0 Å². The minimum absolute atomic E-state index is 0.0272. The highest BCUT2D eigenvalue weighted by atomic mass is 16.5. The summed E-state index contributed by atoms with van der Waals surface area (Å²) >= 11 is 0. The Morgan fingerprint density at radius 3 is 1.26 bits per heavy atom. The number of hydrogen-bond acceptors (Lipinski definition) is 6. The van der Waals surface area contributed by atoms with Crippen LogP contribution in [0.5, 0.6) is 0 Å². The van der Waals surface area contributed by atoms with Gasteiger partial charge in [-0.25, -0.2) is 9.59 Å². The predicted octanol–water partition coefficient (Wildman–Crippen LogP) is 6.39. The van der Waals surface area contributed by atoms with Crippen molar-refractivity contribution in [3.8, 4) is 0 Å². The quantitative estimate of drug-likeness (QED) is 0.170. The Labute approximate surface area is 229 Å². The number of ketones is 1. The Kier molecular flexibility index (Phi) is 11.0. The summed E-state index contributed by atoms with van der Waals surface area (Å²) in [6.07, 6.45) is 5.95. The van der Waals surface area contributed by atoms with Crippen molar-refractivity contribution < 1.29 is 23.9 Å². The van der Waals surface area contributed by atoms with Gasteiger partial charge in [0.15, 0.2) is 5.78 Å². The number of aryl methyl sites for hydroxylation is 1. The second-order valence-electron chi connectivity index (χ2n) is 8.75. The van der Waals surface area contributed by atoms with Crippen LogP contribution in [-0.4, -0.2) is 30.9 Å². The number of esters is 2. The molecule has 3 rings (SSSR count). The maximum atomic E-state index is 11.6. The summed E-state index contributed by atoms with van der Waals surface area (Å²) in [5.41, 5.74) is 6.05. The first-order valence-electron chi connectivity index (χ1n) is 12.7. The molecule has 0 aliphatic carbocycles. The Bertz CT molecular complexity index is 1220. The third-order valence-electron chi connectivity index (χ3n) is 6.07. The molecule has 39 heavy (non-hydrogen) atoms. The van der Waals surface area contributed by atoms with Crippen molar-refractivity contribution in [2.45, 2.75) is 25.7 Å². The van der Waals surface area contributed by atoms with Crippen LogP contribution < -0.4 is 4.90 Å². The number of allylic oxidation sites excluding steroid dienone is 1. The van der Waals surface area contributed by atoms with Crippen LogP contribution >= 0.6 is 0 Å². The highest BCUT2D eigenvalue weighted by Crippen LogP contribution is 2.35. The lowest BCUT2D eigenvalue weighted by Gasteiger charge is -2.26. The van der Waals surface area contributed by atoms with Gasteiger partial charge >= 0.3 is 11.9 Å². The summed E-state index contributed by atoms with van der Waals surface area (Å²) in [7, 11) is 0. The van der Waals surface area contributed by atoms with Crippen LogP contribution in [-0.2, 0) is 43.1 Å². The van der Waals surface area contributed by atoms with E-state index in [0.717, 1.165) is 45.9 Å². The van der Waals surface area contributed by atoms with Crippen molar-refractivity contribution >= 4 is 34.8 Å². The Morgan fingerprint density at radius 2 is 0.923 bits per heavy atom. The van der Waals surface area contributed by atoms with Crippen LogP contribution in [0.25, 0.3) is 0 Å². The second kappa shape index (κ2) is 14.9. The van der Waals surface area contributed by atoms with Gasteiger partial charge in [0, 0.05) is 48.5 Å². The van der Waals surface area contributed by atoms with Gasteiger partial charge in [0.1, 0.15) is 0 Å². The van der Waals surface area contributed by atoms with E-state index in [9.17, 15) is 14.4 Å². The van der Waals surface area contributed by atoms with Crippen molar-refractivity contribution in [2.24, 2.45) is 0 Å². The van der Waals surface area contributed by atoms with E-state index < -0.39 is 11.9 Å². The number of nitrogens with zero attached hydrogens (tertiary/aromatic N) is 1. The molecule has 0 saturated carbocycles. The van der Waals surface area contributed by atoms with Gasteiger partial charge in [-0.2, -0.15) is 0 Å². The molecular formula is C33H33NO5. The highest BCUT2D eigenvalue weighted by molar-refractivity contribution is 5.89. The van der Waals surface area contributed by atoms with Gasteiger partial charge in [0.25, 0.3) is 0 Å². The van der Waals surface area contributed by atoms with Gasteiger partial charge in [0.2, 0.25) is 0 Å². The molecule has 3 aromatic rings. The summed E-state index contributed by atoms with van der Waals surface area (Å²) in [6.45, 7) is 10.9. The molecule has 0 unspecified atom stereocenters. The van der Waals surface area contributed by atoms with Crippen molar-refractivity contribution in [2.75, 3.05) is 18.1 Å². The molecule has 6 nitrogen and oxygen atoms in total. The van der Waals surface area contributed by atoms with E-state index in [1.807, 2.05) is 72.8 Å². The fraction of sp³-hybridized carbons (Fsp3) is 0.182. The zero-order chi connectivity index (χ0) is 28.0. The molecule has 0 aliphatic rings. The molecule has 0 atom stereocenters. The molecule has 0 fully saturated rings. The maximum absolute atomic E-state index is 11.6. The summed E-state index contributed by atoms with van der Waals surface area (Å²) < 4.78 is 10.2. The number of hydrogen-bond donors (Lipinski definition) is 0. The maximum Gasteiger partial charge on any atom is 0.330 e. The van der Waals surface area contributed by atoms with E-state index in [1.165, 1.54) is 6.08 Å². The van der Waals surface area contributed by atoms with E-state index >= 15 is 0 Å². The van der Waals surface area contributed by atoms with Crippen molar-refractivity contribution in [3.05, 3.63) is 127 Å². The SMILES string of the molecule is C=CC(=O)CCc1ccc(N(c2ccc(CCOC(=O)C=C)cc2)c2ccc(CCOC(=O)C=C)cc2)cc1. The van der Waals surface area contributed by atoms with Gasteiger partial charge in [0.05, 0.1) is 13.2 Å². The predicted molar refractivity (Wildman–Crippen MR) is 154 cm³/mol. The van der Waals surface area contributed by atoms with Crippen LogP contribution in [0.4, 0.5) is 17.1 Å². The Hall–Kier alpha value is -4.71. The molecule has 0 saturated heterocycles. The van der Waals surface area contributed by atoms with Crippen LogP contribution in [0.3, 0.4) is 0 Å². The van der Waals surface area contributed by atoms with E-state index in [2.05, 4.69) is 24.6 Å². The summed E-state index contributed by atoms with van der Waals surface area (Å²) in [4.78, 5) is 36.4. The third-order valence-corrected chi connectivity index (χ3v) is 6.07. The molecule has 0 radical (unpaired) electrons. The average Bonchev–Trinajstić information content (AvgIpc) is 2.98. The number of rotatable bonds is 15. The lowest BCUT2D eigenvalue weighted by atomic mass is 10.1. The van der Waals surface area contributed by atoms with E-state index in [4.69, 9.17) is 9.47 Å². The molecule has 6 heteroatoms. The minimum Gasteiger partial charge on any atom is -0.462 e. The highest BCUT2D eigenvalue weighted by Gasteiger charge is 2.13. The second-order valence-corrected chi connectivity index (χ2v) is 8.75. The van der Waals surface area contributed by atoms with Crippen molar-refractivity contribution in [1.29, 1.82) is 0 Å². The topological polar surface area (TPSA) is 72.9 Å². The Morgan fingerprint density at radius 1 is 0.564 bits per heavy atom. The molecule has 3 aromatic carbocycles. The first-order valence-corrected chi connectivity index (χ1v) is 12.7. The zero-order valence-electron chi connectivity index (χ0n) is 22.0. The van der Waals surface area contributed by atoms with Gasteiger partial charge in [-0.05, 0) is 65.6 Å². The molecule has 0 spiro atoms. The first-order chi connectivity index (χ1) is 18.9. The molecular weight excluding hydrogens is 490 g/mol.